The van der Waals surface area contributed by atoms with Gasteiger partial charge in [-0.1, -0.05) is 24.3 Å². The van der Waals surface area contributed by atoms with Gasteiger partial charge in [-0.25, -0.2) is 9.97 Å². The second kappa shape index (κ2) is 9.57. The van der Waals surface area contributed by atoms with Crippen molar-refractivity contribution in [2.24, 2.45) is 5.92 Å². The van der Waals surface area contributed by atoms with Gasteiger partial charge in [-0.2, -0.15) is 0 Å². The quantitative estimate of drug-likeness (QED) is 0.575. The molecule has 1 aliphatic rings. The molecule has 7 heteroatoms. The average molecular weight is 418 g/mol. The van der Waals surface area contributed by atoms with E-state index in [2.05, 4.69) is 32.3 Å². The molecular weight excluding hydrogens is 392 g/mol. The highest BCUT2D eigenvalue weighted by molar-refractivity contribution is 5.70. The maximum absolute atomic E-state index is 11.1. The highest BCUT2D eigenvalue weighted by Crippen LogP contribution is 2.22. The number of methoxy groups -OCH3 is 1. The summed E-state index contributed by atoms with van der Waals surface area (Å²) in [6, 6.07) is 16.0. The number of hydrogen-bond donors (Lipinski definition) is 2. The van der Waals surface area contributed by atoms with E-state index in [-0.39, 0.29) is 5.92 Å². The molecule has 1 aromatic heterocycles. The van der Waals surface area contributed by atoms with Gasteiger partial charge >= 0.3 is 5.97 Å². The number of rotatable bonds is 8. The first-order chi connectivity index (χ1) is 15.1. The lowest BCUT2D eigenvalue weighted by Crippen LogP contribution is -2.25. The summed E-state index contributed by atoms with van der Waals surface area (Å²) in [4.78, 5) is 22.1. The first-order valence-electron chi connectivity index (χ1n) is 10.4. The standard InChI is InChI=1S/C24H26N4O3/c1-31-22-8-4-18(5-9-22)20-14-25-24(26-15-20)27-21-6-2-17(3-7-21)10-12-28-13-11-19(16-28)23(29)30/h2-9,14-15,19H,10-13,16H2,1H3,(H,29,30)(H,25,26,27). The molecule has 2 N–H and O–H groups in total. The van der Waals surface area contributed by atoms with Crippen LogP contribution in [-0.4, -0.2) is 52.7 Å². The number of nitrogens with one attached hydrogen (secondary N) is 1. The lowest BCUT2D eigenvalue weighted by molar-refractivity contribution is -0.141. The van der Waals surface area contributed by atoms with Gasteiger partial charge in [0.05, 0.1) is 13.0 Å². The molecule has 0 radical (unpaired) electrons. The molecule has 1 saturated heterocycles. The summed E-state index contributed by atoms with van der Waals surface area (Å²) >= 11 is 0. The van der Waals surface area contributed by atoms with E-state index >= 15 is 0 Å². The largest absolute Gasteiger partial charge is 0.497 e. The number of carboxylic acids is 1. The Kier molecular flexibility index (Phi) is 6.43. The van der Waals surface area contributed by atoms with E-state index in [1.54, 1.807) is 19.5 Å². The molecular formula is C24H26N4O3. The number of ether oxygens (including phenoxy) is 1. The molecule has 7 nitrogen and oxygen atoms in total. The van der Waals surface area contributed by atoms with Crippen LogP contribution in [0.1, 0.15) is 12.0 Å². The van der Waals surface area contributed by atoms with Crippen LogP contribution in [0.5, 0.6) is 5.75 Å². The Labute approximate surface area is 181 Å². The summed E-state index contributed by atoms with van der Waals surface area (Å²) in [5.74, 6) is 0.456. The third kappa shape index (κ3) is 5.38. The van der Waals surface area contributed by atoms with Gasteiger partial charge in [0.15, 0.2) is 0 Å². The molecule has 2 aromatic carbocycles. The van der Waals surface area contributed by atoms with Crippen molar-refractivity contribution in [2.45, 2.75) is 12.8 Å². The minimum atomic E-state index is -0.683. The van der Waals surface area contributed by atoms with Crippen molar-refractivity contribution in [1.29, 1.82) is 0 Å². The summed E-state index contributed by atoms with van der Waals surface area (Å²) in [5, 5.41) is 12.3. The number of aromatic nitrogens is 2. The summed E-state index contributed by atoms with van der Waals surface area (Å²) in [6.07, 6.45) is 5.24. The topological polar surface area (TPSA) is 87.6 Å². The molecule has 1 atom stereocenters. The van der Waals surface area contributed by atoms with E-state index in [0.29, 0.717) is 12.5 Å². The van der Waals surface area contributed by atoms with Crippen molar-refractivity contribution in [3.8, 4) is 16.9 Å². The Balaban J connectivity index is 1.30. The van der Waals surface area contributed by atoms with Crippen molar-refractivity contribution in [2.75, 3.05) is 32.1 Å². The van der Waals surface area contributed by atoms with E-state index in [9.17, 15) is 4.79 Å². The minimum Gasteiger partial charge on any atom is -0.497 e. The lowest BCUT2D eigenvalue weighted by Gasteiger charge is -2.15. The van der Waals surface area contributed by atoms with Crippen LogP contribution in [0.4, 0.5) is 11.6 Å². The van der Waals surface area contributed by atoms with Gasteiger partial charge in [-0.15, -0.1) is 0 Å². The van der Waals surface area contributed by atoms with E-state index in [1.807, 2.05) is 36.4 Å². The third-order valence-electron chi connectivity index (χ3n) is 5.62. The Hall–Kier alpha value is -3.45. The predicted octanol–water partition coefficient (Wildman–Crippen LogP) is 3.84. The van der Waals surface area contributed by atoms with Gasteiger partial charge in [-0.3, -0.25) is 4.79 Å². The van der Waals surface area contributed by atoms with Gasteiger partial charge < -0.3 is 20.1 Å². The smallest absolute Gasteiger partial charge is 0.307 e. The van der Waals surface area contributed by atoms with Gasteiger partial charge in [0.2, 0.25) is 5.95 Å². The fourth-order valence-electron chi connectivity index (χ4n) is 3.73. The summed E-state index contributed by atoms with van der Waals surface area (Å²) in [5.41, 5.74) is 4.12. The second-order valence-electron chi connectivity index (χ2n) is 7.72. The Morgan fingerprint density at radius 2 is 1.81 bits per heavy atom. The molecule has 4 rings (SSSR count). The van der Waals surface area contributed by atoms with Gasteiger partial charge in [-0.05, 0) is 54.8 Å². The zero-order valence-electron chi connectivity index (χ0n) is 17.5. The number of nitrogens with zero attached hydrogens (tertiary/aromatic N) is 3. The Bertz CT molecular complexity index is 1000. The van der Waals surface area contributed by atoms with Crippen molar-refractivity contribution in [3.05, 3.63) is 66.5 Å². The Morgan fingerprint density at radius 1 is 1.10 bits per heavy atom. The molecule has 0 bridgehead atoms. The summed E-state index contributed by atoms with van der Waals surface area (Å²) in [6.45, 7) is 2.39. The van der Waals surface area contributed by atoms with Crippen molar-refractivity contribution in [1.82, 2.24) is 14.9 Å². The average Bonchev–Trinajstić information content (AvgIpc) is 3.29. The van der Waals surface area contributed by atoms with Gasteiger partial charge in [0.25, 0.3) is 0 Å². The molecule has 0 aliphatic carbocycles. The maximum Gasteiger partial charge on any atom is 0.307 e. The predicted molar refractivity (Wildman–Crippen MR) is 120 cm³/mol. The van der Waals surface area contributed by atoms with Gasteiger partial charge in [0, 0.05) is 36.7 Å². The number of likely N-dealkylation sites (tertiary alicyclic amines) is 1. The molecule has 31 heavy (non-hydrogen) atoms. The van der Waals surface area contributed by atoms with Gasteiger partial charge in [0.1, 0.15) is 5.75 Å². The maximum atomic E-state index is 11.1. The van der Waals surface area contributed by atoms with Crippen LogP contribution in [0.3, 0.4) is 0 Å². The molecule has 2 heterocycles. The zero-order valence-corrected chi connectivity index (χ0v) is 17.5. The SMILES string of the molecule is COc1ccc(-c2cnc(Nc3ccc(CCN4CCC(C(=O)O)C4)cc3)nc2)cc1. The van der Waals surface area contributed by atoms with E-state index in [0.717, 1.165) is 48.5 Å². The number of aliphatic carboxylic acids is 1. The fourth-order valence-corrected chi connectivity index (χ4v) is 3.73. The highest BCUT2D eigenvalue weighted by atomic mass is 16.5. The second-order valence-corrected chi connectivity index (χ2v) is 7.72. The summed E-state index contributed by atoms with van der Waals surface area (Å²) in [7, 11) is 1.65. The summed E-state index contributed by atoms with van der Waals surface area (Å²) < 4.78 is 5.19. The highest BCUT2D eigenvalue weighted by Gasteiger charge is 2.27. The monoisotopic (exact) mass is 418 g/mol. The number of carboxylic acid groups (broad SMARTS) is 1. The Morgan fingerprint density at radius 3 is 2.42 bits per heavy atom. The minimum absolute atomic E-state index is 0.220. The number of hydrogen-bond acceptors (Lipinski definition) is 6. The van der Waals surface area contributed by atoms with E-state index in [1.165, 1.54) is 5.56 Å². The first-order valence-corrected chi connectivity index (χ1v) is 10.4. The van der Waals surface area contributed by atoms with Crippen LogP contribution in [-0.2, 0) is 11.2 Å². The molecule has 3 aromatic rings. The lowest BCUT2D eigenvalue weighted by atomic mass is 10.1. The number of benzene rings is 2. The molecule has 1 unspecified atom stereocenters. The zero-order chi connectivity index (χ0) is 21.6. The normalized spacial score (nSPS) is 16.2. The molecule has 0 saturated carbocycles. The molecule has 1 fully saturated rings. The van der Waals surface area contributed by atoms with Crippen molar-refractivity contribution < 1.29 is 14.6 Å². The van der Waals surface area contributed by atoms with Crippen LogP contribution >= 0.6 is 0 Å². The molecule has 0 spiro atoms. The van der Waals surface area contributed by atoms with E-state index < -0.39 is 5.97 Å². The van der Waals surface area contributed by atoms with Crippen LogP contribution in [0.15, 0.2) is 60.9 Å². The number of carbonyl (C=O) groups is 1. The van der Waals surface area contributed by atoms with E-state index in [4.69, 9.17) is 9.84 Å². The number of anilines is 2. The van der Waals surface area contributed by atoms with Crippen LogP contribution in [0.25, 0.3) is 11.1 Å². The van der Waals surface area contributed by atoms with Crippen molar-refractivity contribution >= 4 is 17.6 Å². The van der Waals surface area contributed by atoms with Crippen LogP contribution in [0.2, 0.25) is 0 Å². The molecule has 1 aliphatic heterocycles. The fraction of sp³-hybridized carbons (Fsp3) is 0.292. The van der Waals surface area contributed by atoms with Crippen LogP contribution < -0.4 is 10.1 Å². The van der Waals surface area contributed by atoms with Crippen LogP contribution in [0, 0.1) is 5.92 Å². The third-order valence-corrected chi connectivity index (χ3v) is 5.62. The molecule has 0 amide bonds. The molecule has 160 valence electrons. The van der Waals surface area contributed by atoms with Crippen molar-refractivity contribution in [3.63, 3.8) is 0 Å². The first kappa shape index (κ1) is 20.8.